The number of carbonyl (C=O) groups is 1. The van der Waals surface area contributed by atoms with Crippen LogP contribution in [0, 0.1) is 5.92 Å². The standard InChI is InChI=1S/C16H22O5/c1-5-11(2)16(18)21-15-13(19-3)9-12(7-6-8-17)10-14(15)20-4/h6-7,9-11,17H,5,8H2,1-4H3/t11-/m1/s1. The Labute approximate surface area is 125 Å². The van der Waals surface area contributed by atoms with Gasteiger partial charge in [-0.05, 0) is 24.1 Å². The summed E-state index contributed by atoms with van der Waals surface area (Å²) in [5.41, 5.74) is 0.779. The number of esters is 1. The first-order valence-electron chi connectivity index (χ1n) is 6.82. The monoisotopic (exact) mass is 294 g/mol. The molecule has 0 saturated heterocycles. The van der Waals surface area contributed by atoms with Gasteiger partial charge in [-0.1, -0.05) is 26.0 Å². The van der Waals surface area contributed by atoms with E-state index in [1.807, 2.05) is 6.92 Å². The van der Waals surface area contributed by atoms with E-state index in [9.17, 15) is 4.79 Å². The Morgan fingerprint density at radius 2 is 1.86 bits per heavy atom. The fourth-order valence-electron chi connectivity index (χ4n) is 1.65. The number of methoxy groups -OCH3 is 2. The van der Waals surface area contributed by atoms with Gasteiger partial charge < -0.3 is 19.3 Å². The zero-order valence-corrected chi connectivity index (χ0v) is 12.9. The summed E-state index contributed by atoms with van der Waals surface area (Å²) in [6.45, 7) is 3.66. The van der Waals surface area contributed by atoms with Crippen molar-refractivity contribution in [2.24, 2.45) is 5.92 Å². The molecule has 5 heteroatoms. The van der Waals surface area contributed by atoms with Gasteiger partial charge in [-0.15, -0.1) is 0 Å². The minimum atomic E-state index is -0.326. The molecule has 0 unspecified atom stereocenters. The van der Waals surface area contributed by atoms with Gasteiger partial charge in [-0.25, -0.2) is 0 Å². The first-order valence-corrected chi connectivity index (χ1v) is 6.82. The largest absolute Gasteiger partial charge is 0.493 e. The molecular weight excluding hydrogens is 272 g/mol. The van der Waals surface area contributed by atoms with Gasteiger partial charge in [0.1, 0.15) is 0 Å². The van der Waals surface area contributed by atoms with Crippen LogP contribution in [0.4, 0.5) is 0 Å². The topological polar surface area (TPSA) is 65.0 Å². The Morgan fingerprint density at radius 1 is 1.29 bits per heavy atom. The summed E-state index contributed by atoms with van der Waals surface area (Å²) in [5.74, 6) is 0.555. The zero-order chi connectivity index (χ0) is 15.8. The van der Waals surface area contributed by atoms with Crippen LogP contribution in [-0.4, -0.2) is 31.9 Å². The van der Waals surface area contributed by atoms with Crippen molar-refractivity contribution in [3.63, 3.8) is 0 Å². The Hall–Kier alpha value is -2.01. The van der Waals surface area contributed by atoms with Gasteiger partial charge in [0.15, 0.2) is 11.5 Å². The third-order valence-electron chi connectivity index (χ3n) is 3.12. The van der Waals surface area contributed by atoms with Crippen LogP contribution in [0.2, 0.25) is 0 Å². The first-order chi connectivity index (χ1) is 10.1. The highest BCUT2D eigenvalue weighted by Gasteiger charge is 2.20. The van der Waals surface area contributed by atoms with Gasteiger partial charge in [0.2, 0.25) is 5.75 Å². The van der Waals surface area contributed by atoms with E-state index in [4.69, 9.17) is 19.3 Å². The molecule has 1 aromatic carbocycles. The lowest BCUT2D eigenvalue weighted by atomic mass is 10.1. The minimum absolute atomic E-state index is 0.0601. The second-order valence-corrected chi connectivity index (χ2v) is 4.57. The minimum Gasteiger partial charge on any atom is -0.493 e. The van der Waals surface area contributed by atoms with Crippen molar-refractivity contribution in [2.75, 3.05) is 20.8 Å². The van der Waals surface area contributed by atoms with Crippen LogP contribution in [0.3, 0.4) is 0 Å². The maximum absolute atomic E-state index is 12.0. The smallest absolute Gasteiger partial charge is 0.314 e. The predicted octanol–water partition coefficient (Wildman–Crippen LogP) is 2.66. The second kappa shape index (κ2) is 8.32. The summed E-state index contributed by atoms with van der Waals surface area (Å²) >= 11 is 0. The number of benzene rings is 1. The maximum Gasteiger partial charge on any atom is 0.314 e. The van der Waals surface area contributed by atoms with Crippen LogP contribution >= 0.6 is 0 Å². The molecule has 0 saturated carbocycles. The van der Waals surface area contributed by atoms with E-state index in [0.29, 0.717) is 17.9 Å². The third-order valence-corrected chi connectivity index (χ3v) is 3.12. The van der Waals surface area contributed by atoms with Crippen LogP contribution in [0.1, 0.15) is 25.8 Å². The quantitative estimate of drug-likeness (QED) is 0.618. The number of ether oxygens (including phenoxy) is 3. The molecule has 1 rings (SSSR count). The lowest BCUT2D eigenvalue weighted by Crippen LogP contribution is -2.17. The molecule has 0 radical (unpaired) electrons. The van der Waals surface area contributed by atoms with Gasteiger partial charge in [0.05, 0.1) is 26.7 Å². The summed E-state index contributed by atoms with van der Waals surface area (Å²) in [5, 5.41) is 8.82. The van der Waals surface area contributed by atoms with Crippen molar-refractivity contribution in [1.82, 2.24) is 0 Å². The summed E-state index contributed by atoms with van der Waals surface area (Å²) < 4.78 is 15.9. The molecule has 0 heterocycles. The summed E-state index contributed by atoms with van der Waals surface area (Å²) in [6.07, 6.45) is 4.02. The van der Waals surface area contributed by atoms with Crippen LogP contribution < -0.4 is 14.2 Å². The van der Waals surface area contributed by atoms with E-state index in [1.54, 1.807) is 31.2 Å². The lowest BCUT2D eigenvalue weighted by molar-refractivity contribution is -0.138. The van der Waals surface area contributed by atoms with Gasteiger partial charge in [-0.3, -0.25) is 4.79 Å². The number of hydrogen-bond donors (Lipinski definition) is 1. The highest BCUT2D eigenvalue weighted by atomic mass is 16.6. The van der Waals surface area contributed by atoms with Crippen LogP contribution in [-0.2, 0) is 4.79 Å². The van der Waals surface area contributed by atoms with Crippen molar-refractivity contribution >= 4 is 12.0 Å². The van der Waals surface area contributed by atoms with Crippen LogP contribution in [0.25, 0.3) is 6.08 Å². The average Bonchev–Trinajstić information content (AvgIpc) is 2.52. The van der Waals surface area contributed by atoms with E-state index in [2.05, 4.69) is 0 Å². The normalized spacial score (nSPS) is 12.2. The molecule has 0 aliphatic rings. The predicted molar refractivity (Wildman–Crippen MR) is 80.8 cm³/mol. The molecule has 5 nitrogen and oxygen atoms in total. The van der Waals surface area contributed by atoms with Gasteiger partial charge in [0, 0.05) is 0 Å². The first kappa shape index (κ1) is 17.0. The summed E-state index contributed by atoms with van der Waals surface area (Å²) in [4.78, 5) is 12.0. The molecule has 0 fully saturated rings. The molecule has 1 atom stereocenters. The van der Waals surface area contributed by atoms with Crippen molar-refractivity contribution in [1.29, 1.82) is 0 Å². The van der Waals surface area contributed by atoms with E-state index >= 15 is 0 Å². The van der Waals surface area contributed by atoms with Crippen molar-refractivity contribution in [2.45, 2.75) is 20.3 Å². The molecule has 0 aromatic heterocycles. The van der Waals surface area contributed by atoms with Gasteiger partial charge >= 0.3 is 5.97 Å². The number of carbonyl (C=O) groups excluding carboxylic acids is 1. The van der Waals surface area contributed by atoms with Gasteiger partial charge in [-0.2, -0.15) is 0 Å². The molecule has 0 amide bonds. The SMILES string of the molecule is CC[C@@H](C)C(=O)Oc1c(OC)cc(C=CCO)cc1OC. The van der Waals surface area contributed by atoms with Crippen molar-refractivity contribution in [3.8, 4) is 17.2 Å². The highest BCUT2D eigenvalue weighted by Crippen LogP contribution is 2.39. The molecular formula is C16H22O5. The summed E-state index contributed by atoms with van der Waals surface area (Å²) in [6, 6.07) is 3.43. The number of rotatable bonds is 7. The van der Waals surface area contributed by atoms with Crippen molar-refractivity contribution < 1.29 is 24.1 Å². The molecule has 0 aliphatic carbocycles. The zero-order valence-electron chi connectivity index (χ0n) is 12.9. The van der Waals surface area contributed by atoms with Crippen LogP contribution in [0.15, 0.2) is 18.2 Å². The number of aliphatic hydroxyl groups is 1. The Morgan fingerprint density at radius 3 is 2.29 bits per heavy atom. The number of aliphatic hydroxyl groups excluding tert-OH is 1. The fraction of sp³-hybridized carbons (Fsp3) is 0.438. The van der Waals surface area contributed by atoms with E-state index in [0.717, 1.165) is 5.56 Å². The highest BCUT2D eigenvalue weighted by molar-refractivity contribution is 5.77. The molecule has 0 bridgehead atoms. The summed E-state index contributed by atoms with van der Waals surface area (Å²) in [7, 11) is 2.99. The number of hydrogen-bond acceptors (Lipinski definition) is 5. The third kappa shape index (κ3) is 4.49. The molecule has 0 aliphatic heterocycles. The lowest BCUT2D eigenvalue weighted by Gasteiger charge is -2.16. The molecule has 1 aromatic rings. The molecule has 0 spiro atoms. The van der Waals surface area contributed by atoms with E-state index in [-0.39, 0.29) is 24.2 Å². The Balaban J connectivity index is 3.17. The second-order valence-electron chi connectivity index (χ2n) is 4.57. The average molecular weight is 294 g/mol. The van der Waals surface area contributed by atoms with Crippen molar-refractivity contribution in [3.05, 3.63) is 23.8 Å². The molecule has 1 N–H and O–H groups in total. The van der Waals surface area contributed by atoms with E-state index < -0.39 is 0 Å². The maximum atomic E-state index is 12.0. The van der Waals surface area contributed by atoms with E-state index in [1.165, 1.54) is 14.2 Å². The fourth-order valence-corrected chi connectivity index (χ4v) is 1.65. The Bertz CT molecular complexity index is 482. The molecule has 116 valence electrons. The van der Waals surface area contributed by atoms with Crippen LogP contribution in [0.5, 0.6) is 17.2 Å². The Kier molecular flexibility index (Phi) is 6.75. The molecule has 21 heavy (non-hydrogen) atoms. The van der Waals surface area contributed by atoms with Gasteiger partial charge in [0.25, 0.3) is 0 Å².